The largest absolute Gasteiger partial charge is 0.467 e. The first kappa shape index (κ1) is 24.1. The van der Waals surface area contributed by atoms with Gasteiger partial charge in [-0.2, -0.15) is 0 Å². The van der Waals surface area contributed by atoms with E-state index in [0.29, 0.717) is 6.42 Å². The maximum absolute atomic E-state index is 12.9. The molecule has 1 unspecified atom stereocenters. The third-order valence-corrected chi connectivity index (χ3v) is 6.12. The third-order valence-electron chi connectivity index (χ3n) is 6.12. The second kappa shape index (κ2) is 11.4. The summed E-state index contributed by atoms with van der Waals surface area (Å²) in [6.07, 6.45) is 0.332. The van der Waals surface area contributed by atoms with Gasteiger partial charge in [-0.05, 0) is 34.9 Å². The fraction of sp³-hybridized carbons (Fsp3) is 0.161. The van der Waals surface area contributed by atoms with E-state index in [1.54, 1.807) is 0 Å². The summed E-state index contributed by atoms with van der Waals surface area (Å²) in [6, 6.07) is 33.1. The van der Waals surface area contributed by atoms with Gasteiger partial charge in [-0.15, -0.1) is 0 Å². The van der Waals surface area contributed by atoms with Crippen LogP contribution >= 0.6 is 0 Å². The molecule has 35 heavy (non-hydrogen) atoms. The second-order valence-corrected chi connectivity index (χ2v) is 8.43. The average molecular weight is 464 g/mol. The lowest BCUT2D eigenvalue weighted by Crippen LogP contribution is -2.23. The maximum Gasteiger partial charge on any atom is 0.330 e. The van der Waals surface area contributed by atoms with Crippen molar-refractivity contribution in [3.63, 3.8) is 0 Å². The quantitative estimate of drug-likeness (QED) is 0.255. The molecule has 4 aromatic rings. The van der Waals surface area contributed by atoms with Gasteiger partial charge in [0.25, 0.3) is 0 Å². The minimum absolute atomic E-state index is 0.133. The number of aliphatic imine (C=N–C) groups is 1. The zero-order valence-electron chi connectivity index (χ0n) is 20.0. The molecule has 0 aliphatic carbocycles. The van der Waals surface area contributed by atoms with Crippen LogP contribution in [0.2, 0.25) is 0 Å². The molecule has 4 heteroatoms. The molecule has 0 aromatic heterocycles. The molecule has 1 N–H and O–H groups in total. The Morgan fingerprint density at radius 2 is 1.37 bits per heavy atom. The summed E-state index contributed by atoms with van der Waals surface area (Å²) in [6.45, 7) is 1.81. The van der Waals surface area contributed by atoms with E-state index in [1.165, 1.54) is 7.11 Å². The van der Waals surface area contributed by atoms with Crippen LogP contribution in [0.4, 0.5) is 0 Å². The van der Waals surface area contributed by atoms with Crippen molar-refractivity contribution in [1.82, 2.24) is 0 Å². The molecule has 176 valence electrons. The van der Waals surface area contributed by atoms with Crippen LogP contribution < -0.4 is 0 Å². The molecule has 0 heterocycles. The van der Waals surface area contributed by atoms with Crippen molar-refractivity contribution in [2.24, 2.45) is 4.99 Å². The first-order chi connectivity index (χ1) is 17.1. The van der Waals surface area contributed by atoms with E-state index in [4.69, 9.17) is 9.73 Å². The zero-order chi connectivity index (χ0) is 24.6. The molecule has 4 aromatic carbocycles. The minimum atomic E-state index is -0.752. The summed E-state index contributed by atoms with van der Waals surface area (Å²) in [4.78, 5) is 17.8. The van der Waals surface area contributed by atoms with E-state index in [2.05, 4.69) is 18.2 Å². The number of methoxy groups -OCH3 is 1. The molecule has 4 rings (SSSR count). The molecule has 0 aliphatic rings. The summed E-state index contributed by atoms with van der Waals surface area (Å²) < 4.78 is 5.13. The number of hydrogen-bond acceptors (Lipinski definition) is 4. The normalized spacial score (nSPS) is 12.5. The third kappa shape index (κ3) is 5.73. The van der Waals surface area contributed by atoms with Crippen LogP contribution in [0, 0.1) is 0 Å². The van der Waals surface area contributed by atoms with Gasteiger partial charge < -0.3 is 9.84 Å². The monoisotopic (exact) mass is 463 g/mol. The second-order valence-electron chi connectivity index (χ2n) is 8.43. The lowest BCUT2D eigenvalue weighted by atomic mass is 9.94. The first-order valence-electron chi connectivity index (χ1n) is 11.7. The Morgan fingerprint density at radius 1 is 0.800 bits per heavy atom. The van der Waals surface area contributed by atoms with Crippen molar-refractivity contribution >= 4 is 28.0 Å². The van der Waals surface area contributed by atoms with Crippen molar-refractivity contribution in [3.8, 4) is 0 Å². The molecule has 0 radical (unpaired) electrons. The zero-order valence-corrected chi connectivity index (χ0v) is 20.0. The number of hydrogen-bond donors (Lipinski definition) is 1. The van der Waals surface area contributed by atoms with Gasteiger partial charge >= 0.3 is 5.97 Å². The van der Waals surface area contributed by atoms with E-state index in [9.17, 15) is 9.90 Å². The fourth-order valence-electron chi connectivity index (χ4n) is 4.24. The number of carbonyl (C=O) groups excluding carboxylic acids is 1. The molecule has 0 saturated heterocycles. The fourth-order valence-corrected chi connectivity index (χ4v) is 4.24. The van der Waals surface area contributed by atoms with Gasteiger partial charge in [0.15, 0.2) is 6.04 Å². The number of benzene rings is 4. The number of rotatable bonds is 8. The van der Waals surface area contributed by atoms with Crippen molar-refractivity contribution in [2.45, 2.75) is 19.4 Å². The summed E-state index contributed by atoms with van der Waals surface area (Å²) in [5.74, 6) is -0.412. The number of aliphatic hydroxyl groups excluding tert-OH is 1. The van der Waals surface area contributed by atoms with Crippen LogP contribution in [-0.4, -0.2) is 36.5 Å². The first-order valence-corrected chi connectivity index (χ1v) is 11.7. The van der Waals surface area contributed by atoms with E-state index in [-0.39, 0.29) is 6.61 Å². The maximum atomic E-state index is 12.9. The highest BCUT2D eigenvalue weighted by Crippen LogP contribution is 2.26. The van der Waals surface area contributed by atoms with Crippen LogP contribution in [0.5, 0.6) is 0 Å². The number of ether oxygens (including phenoxy) is 1. The predicted molar refractivity (Wildman–Crippen MR) is 143 cm³/mol. The number of fused-ring (bicyclic) bond motifs is 1. The SMILES string of the molecule is COC(=O)C(C/C(C)=C(\CO)c1ccc2ccccc2c1)N=C(c1ccccc1)c1ccccc1. The highest BCUT2D eigenvalue weighted by molar-refractivity contribution is 6.13. The molecule has 0 amide bonds. The highest BCUT2D eigenvalue weighted by atomic mass is 16.5. The molecule has 0 aliphatic heterocycles. The molecule has 4 nitrogen and oxygen atoms in total. The predicted octanol–water partition coefficient (Wildman–Crippen LogP) is 6.07. The Balaban J connectivity index is 1.76. The highest BCUT2D eigenvalue weighted by Gasteiger charge is 2.22. The van der Waals surface area contributed by atoms with E-state index >= 15 is 0 Å². The Bertz CT molecular complexity index is 1320. The van der Waals surface area contributed by atoms with Gasteiger partial charge in [0.1, 0.15) is 0 Å². The molecule has 0 spiro atoms. The van der Waals surface area contributed by atoms with E-state index < -0.39 is 12.0 Å². The Morgan fingerprint density at radius 3 is 1.94 bits per heavy atom. The van der Waals surface area contributed by atoms with Crippen LogP contribution in [0.25, 0.3) is 16.3 Å². The number of esters is 1. The van der Waals surface area contributed by atoms with E-state index in [1.807, 2.05) is 91.9 Å². The van der Waals surface area contributed by atoms with Gasteiger partial charge in [0, 0.05) is 17.5 Å². The Hall–Kier alpha value is -4.02. The van der Waals surface area contributed by atoms with E-state index in [0.717, 1.165) is 44.3 Å². The number of carbonyl (C=O) groups is 1. The molecule has 1 atom stereocenters. The molecular formula is C31H29NO3. The summed E-state index contributed by atoms with van der Waals surface area (Å²) in [7, 11) is 1.38. The Labute approximate surface area is 206 Å². The van der Waals surface area contributed by atoms with Crippen molar-refractivity contribution in [1.29, 1.82) is 0 Å². The lowest BCUT2D eigenvalue weighted by Gasteiger charge is -2.17. The Kier molecular flexibility index (Phi) is 7.86. The van der Waals surface area contributed by atoms with Gasteiger partial charge in [0.2, 0.25) is 0 Å². The standard InChI is InChI=1S/C31H29NO3/c1-22(28(21-33)27-18-17-23-11-9-10-16-26(23)20-27)19-29(31(34)35-2)32-30(24-12-5-3-6-13-24)25-14-7-4-8-15-25/h3-18,20,29,33H,19,21H2,1-2H3/b28-22+. The van der Waals surface area contributed by atoms with Crippen molar-refractivity contribution in [3.05, 3.63) is 125 Å². The van der Waals surface area contributed by atoms with Crippen LogP contribution in [0.15, 0.2) is 114 Å². The summed E-state index contributed by atoms with van der Waals surface area (Å²) in [5.41, 5.74) is 5.19. The van der Waals surface area contributed by atoms with Crippen molar-refractivity contribution < 1.29 is 14.6 Å². The molecule has 0 bridgehead atoms. The lowest BCUT2D eigenvalue weighted by molar-refractivity contribution is -0.142. The van der Waals surface area contributed by atoms with Gasteiger partial charge in [0.05, 0.1) is 19.4 Å². The van der Waals surface area contributed by atoms with Crippen LogP contribution in [0.3, 0.4) is 0 Å². The van der Waals surface area contributed by atoms with Crippen LogP contribution in [-0.2, 0) is 9.53 Å². The van der Waals surface area contributed by atoms with Gasteiger partial charge in [-0.1, -0.05) is 103 Å². The molecule has 0 saturated carbocycles. The minimum Gasteiger partial charge on any atom is -0.467 e. The van der Waals surface area contributed by atoms with Gasteiger partial charge in [-0.25, -0.2) is 4.79 Å². The number of aliphatic hydroxyl groups is 1. The molecular weight excluding hydrogens is 434 g/mol. The van der Waals surface area contributed by atoms with Crippen LogP contribution in [0.1, 0.15) is 30.0 Å². The average Bonchev–Trinajstić information content (AvgIpc) is 2.91. The number of nitrogens with zero attached hydrogens (tertiary/aromatic N) is 1. The van der Waals surface area contributed by atoms with Gasteiger partial charge in [-0.3, -0.25) is 4.99 Å². The smallest absolute Gasteiger partial charge is 0.330 e. The summed E-state index contributed by atoms with van der Waals surface area (Å²) >= 11 is 0. The summed E-state index contributed by atoms with van der Waals surface area (Å²) in [5, 5.41) is 12.5. The molecule has 0 fully saturated rings. The topological polar surface area (TPSA) is 58.9 Å². The van der Waals surface area contributed by atoms with Crippen molar-refractivity contribution in [2.75, 3.05) is 13.7 Å².